The zero-order chi connectivity index (χ0) is 14.8. The Morgan fingerprint density at radius 1 is 1.38 bits per heavy atom. The van der Waals surface area contributed by atoms with E-state index in [2.05, 4.69) is 15.5 Å². The fraction of sp³-hybridized carbons (Fsp3) is 0.562. The van der Waals surface area contributed by atoms with Crippen LogP contribution in [0.2, 0.25) is 0 Å². The molecule has 1 heterocycles. The molecule has 1 saturated heterocycles. The quantitative estimate of drug-likeness (QED) is 0.721. The van der Waals surface area contributed by atoms with Crippen molar-refractivity contribution in [3.63, 3.8) is 0 Å². The third-order valence-electron chi connectivity index (χ3n) is 4.29. The van der Waals surface area contributed by atoms with E-state index in [9.17, 15) is 4.79 Å². The molecule has 1 aromatic carbocycles. The van der Waals surface area contributed by atoms with E-state index in [1.807, 2.05) is 19.1 Å². The first-order valence-corrected chi connectivity index (χ1v) is 7.85. The highest BCUT2D eigenvalue weighted by atomic mass is 16.1. The summed E-state index contributed by atoms with van der Waals surface area (Å²) in [6.45, 7) is 4.81. The van der Waals surface area contributed by atoms with Crippen molar-refractivity contribution in [2.75, 3.05) is 30.7 Å². The van der Waals surface area contributed by atoms with Gasteiger partial charge < -0.3 is 16.4 Å². The number of amides is 1. The van der Waals surface area contributed by atoms with Crippen molar-refractivity contribution >= 4 is 17.3 Å². The van der Waals surface area contributed by atoms with Gasteiger partial charge in [-0.15, -0.1) is 0 Å². The summed E-state index contributed by atoms with van der Waals surface area (Å²) in [4.78, 5) is 14.4. The van der Waals surface area contributed by atoms with Crippen LogP contribution in [0.1, 0.15) is 36.5 Å². The molecule has 0 spiro atoms. The van der Waals surface area contributed by atoms with Crippen LogP contribution < -0.4 is 16.4 Å². The summed E-state index contributed by atoms with van der Waals surface area (Å²) >= 11 is 0. The van der Waals surface area contributed by atoms with Gasteiger partial charge in [-0.25, -0.2) is 0 Å². The molecular formula is C16H24N4O. The monoisotopic (exact) mass is 288 g/mol. The highest BCUT2D eigenvalue weighted by molar-refractivity contribution is 5.96. The number of anilines is 2. The number of benzene rings is 1. The second kappa shape index (κ2) is 5.93. The van der Waals surface area contributed by atoms with Gasteiger partial charge in [-0.05, 0) is 44.4 Å². The number of hydrogen-bond donors (Lipinski definition) is 3. The lowest BCUT2D eigenvalue weighted by Gasteiger charge is -2.18. The molecule has 5 nitrogen and oxygen atoms in total. The molecular weight excluding hydrogens is 264 g/mol. The number of carbonyl (C=O) groups is 1. The van der Waals surface area contributed by atoms with Gasteiger partial charge in [0.2, 0.25) is 0 Å². The highest BCUT2D eigenvalue weighted by Gasteiger charge is 2.34. The molecule has 1 unspecified atom stereocenters. The average molecular weight is 288 g/mol. The van der Waals surface area contributed by atoms with Crippen molar-refractivity contribution in [3.8, 4) is 0 Å². The number of hydrogen-bond acceptors (Lipinski definition) is 4. The first-order valence-electron chi connectivity index (χ1n) is 7.85. The molecule has 1 aliphatic carbocycles. The molecule has 1 amide bonds. The average Bonchev–Trinajstić information content (AvgIpc) is 3.22. The molecule has 1 atom stereocenters. The maximum absolute atomic E-state index is 11.8. The van der Waals surface area contributed by atoms with E-state index in [0.29, 0.717) is 23.8 Å². The Kier molecular flexibility index (Phi) is 4.01. The lowest BCUT2D eigenvalue weighted by atomic mass is 10.1. The molecule has 1 aromatic rings. The summed E-state index contributed by atoms with van der Waals surface area (Å²) in [6, 6.07) is 6.79. The number of nitrogens with one attached hydrogen (secondary N) is 2. The molecule has 114 valence electrons. The predicted octanol–water partition coefficient (Wildman–Crippen LogP) is 1.67. The van der Waals surface area contributed by atoms with Gasteiger partial charge in [0, 0.05) is 37.3 Å². The summed E-state index contributed by atoms with van der Waals surface area (Å²) in [5.41, 5.74) is 8.28. The molecule has 0 bridgehead atoms. The largest absolute Gasteiger partial charge is 0.397 e. The molecule has 2 fully saturated rings. The predicted molar refractivity (Wildman–Crippen MR) is 85.5 cm³/mol. The Labute approximate surface area is 125 Å². The molecule has 3 rings (SSSR count). The lowest BCUT2D eigenvalue weighted by Crippen LogP contribution is -2.28. The minimum absolute atomic E-state index is 0.0727. The van der Waals surface area contributed by atoms with Crippen LogP contribution in [0.5, 0.6) is 0 Å². The van der Waals surface area contributed by atoms with Crippen molar-refractivity contribution in [2.45, 2.75) is 38.3 Å². The van der Waals surface area contributed by atoms with Gasteiger partial charge in [-0.1, -0.05) is 0 Å². The van der Waals surface area contributed by atoms with Crippen LogP contribution >= 0.6 is 0 Å². The number of nitrogens with two attached hydrogens (primary N) is 1. The second-order valence-electron chi connectivity index (χ2n) is 6.02. The highest BCUT2D eigenvalue weighted by Crippen LogP contribution is 2.31. The maximum atomic E-state index is 11.8. The summed E-state index contributed by atoms with van der Waals surface area (Å²) in [5.74, 6) is -0.0727. The van der Waals surface area contributed by atoms with Gasteiger partial charge >= 0.3 is 0 Å². The minimum atomic E-state index is -0.0727. The molecule has 0 aromatic heterocycles. The Morgan fingerprint density at radius 2 is 2.19 bits per heavy atom. The molecule has 5 heteroatoms. The van der Waals surface area contributed by atoms with Gasteiger partial charge in [0.25, 0.3) is 5.91 Å². The van der Waals surface area contributed by atoms with Crippen molar-refractivity contribution in [3.05, 3.63) is 23.8 Å². The number of nitrogen functional groups attached to an aromatic ring is 1. The van der Waals surface area contributed by atoms with Crippen molar-refractivity contribution < 1.29 is 4.79 Å². The lowest BCUT2D eigenvalue weighted by molar-refractivity contribution is 0.0956. The molecule has 21 heavy (non-hydrogen) atoms. The fourth-order valence-electron chi connectivity index (χ4n) is 2.99. The number of likely N-dealkylation sites (tertiary alicyclic amines) is 1. The summed E-state index contributed by atoms with van der Waals surface area (Å²) < 4.78 is 0. The van der Waals surface area contributed by atoms with E-state index in [-0.39, 0.29) is 5.91 Å². The van der Waals surface area contributed by atoms with Crippen LogP contribution in [0, 0.1) is 0 Å². The molecule has 1 saturated carbocycles. The Morgan fingerprint density at radius 3 is 2.86 bits per heavy atom. The van der Waals surface area contributed by atoms with Gasteiger partial charge in [0.05, 0.1) is 11.4 Å². The number of rotatable bonds is 5. The van der Waals surface area contributed by atoms with Gasteiger partial charge in [0.1, 0.15) is 0 Å². The third-order valence-corrected chi connectivity index (χ3v) is 4.29. The Bertz CT molecular complexity index is 527. The van der Waals surface area contributed by atoms with E-state index >= 15 is 0 Å². The van der Waals surface area contributed by atoms with Gasteiger partial charge in [-0.3, -0.25) is 9.69 Å². The van der Waals surface area contributed by atoms with Crippen LogP contribution in [0.25, 0.3) is 0 Å². The van der Waals surface area contributed by atoms with E-state index < -0.39 is 0 Å². The standard InChI is InChI=1S/C16H24N4O/c1-2-18-16(21)11-3-6-15(14(17)9-11)19-12-7-8-20(10-12)13-4-5-13/h3,6,9,12-13,19H,2,4-5,7-8,10,17H2,1H3,(H,18,21). The van der Waals surface area contributed by atoms with Gasteiger partial charge in [0.15, 0.2) is 0 Å². The summed E-state index contributed by atoms with van der Waals surface area (Å²) in [6.07, 6.45) is 3.88. The molecule has 0 radical (unpaired) electrons. The fourth-order valence-corrected chi connectivity index (χ4v) is 2.99. The Balaban J connectivity index is 1.62. The van der Waals surface area contributed by atoms with E-state index in [4.69, 9.17) is 5.73 Å². The Hall–Kier alpha value is -1.75. The number of nitrogens with zero attached hydrogens (tertiary/aromatic N) is 1. The second-order valence-corrected chi connectivity index (χ2v) is 6.02. The van der Waals surface area contributed by atoms with Crippen molar-refractivity contribution in [1.29, 1.82) is 0 Å². The number of carbonyl (C=O) groups excluding carboxylic acids is 1. The van der Waals surface area contributed by atoms with E-state index in [1.54, 1.807) is 6.07 Å². The SMILES string of the molecule is CCNC(=O)c1ccc(NC2CCN(C3CC3)C2)c(N)c1. The molecule has 1 aliphatic heterocycles. The van der Waals surface area contributed by atoms with Crippen LogP contribution in [-0.2, 0) is 0 Å². The zero-order valence-corrected chi connectivity index (χ0v) is 12.6. The third kappa shape index (κ3) is 3.29. The zero-order valence-electron chi connectivity index (χ0n) is 12.6. The minimum Gasteiger partial charge on any atom is -0.397 e. The normalized spacial score (nSPS) is 22.2. The van der Waals surface area contributed by atoms with Crippen LogP contribution in [0.4, 0.5) is 11.4 Å². The van der Waals surface area contributed by atoms with E-state index in [1.165, 1.54) is 19.4 Å². The first kappa shape index (κ1) is 14.2. The van der Waals surface area contributed by atoms with Crippen molar-refractivity contribution in [2.24, 2.45) is 0 Å². The first-order chi connectivity index (χ1) is 10.2. The maximum Gasteiger partial charge on any atom is 0.251 e. The van der Waals surface area contributed by atoms with Crippen LogP contribution in [0.3, 0.4) is 0 Å². The smallest absolute Gasteiger partial charge is 0.251 e. The van der Waals surface area contributed by atoms with Crippen LogP contribution in [0.15, 0.2) is 18.2 Å². The van der Waals surface area contributed by atoms with Crippen LogP contribution in [-0.4, -0.2) is 42.5 Å². The van der Waals surface area contributed by atoms with E-state index in [0.717, 1.165) is 24.7 Å². The molecule has 4 N–H and O–H groups in total. The summed E-state index contributed by atoms with van der Waals surface area (Å²) in [5, 5.41) is 6.31. The van der Waals surface area contributed by atoms with Crippen molar-refractivity contribution in [1.82, 2.24) is 10.2 Å². The van der Waals surface area contributed by atoms with Gasteiger partial charge in [-0.2, -0.15) is 0 Å². The summed E-state index contributed by atoms with van der Waals surface area (Å²) in [7, 11) is 0. The topological polar surface area (TPSA) is 70.4 Å². The molecule has 2 aliphatic rings.